The molecule has 5 heteroatoms. The molecular weight excluding hydrogens is 424 g/mol. The van der Waals surface area contributed by atoms with Crippen molar-refractivity contribution in [1.29, 1.82) is 0 Å². The number of nitrogens with one attached hydrogen (secondary N) is 1. The maximum Gasteiger partial charge on any atom is 0.266 e. The van der Waals surface area contributed by atoms with E-state index in [1.807, 2.05) is 79.7 Å². The van der Waals surface area contributed by atoms with E-state index < -0.39 is 5.91 Å². The number of imide groups is 1. The van der Waals surface area contributed by atoms with Gasteiger partial charge in [0.05, 0.1) is 22.9 Å². The standard InChI is InChI=1S/C29H22N2O3/c1-19-12-15-23(16-13-19)31-28(33)24-17-14-22(18-25(24)29(31)34)27(32)30-26(20-8-4-2-5-9-20)21-10-6-3-7-11-21/h2-18,26H,1H3,(H,30,32). The highest BCUT2D eigenvalue weighted by Gasteiger charge is 2.37. The maximum absolute atomic E-state index is 13.3. The Morgan fingerprint density at radius 1 is 0.706 bits per heavy atom. The third-order valence-electron chi connectivity index (χ3n) is 5.98. The number of benzene rings is 4. The second-order valence-electron chi connectivity index (χ2n) is 8.27. The number of aryl methyl sites for hydroxylation is 1. The monoisotopic (exact) mass is 446 g/mol. The molecule has 0 unspecified atom stereocenters. The van der Waals surface area contributed by atoms with E-state index in [-0.39, 0.29) is 23.4 Å². The lowest BCUT2D eigenvalue weighted by molar-refractivity contribution is 0.0922. The van der Waals surface area contributed by atoms with Crippen LogP contribution in [-0.4, -0.2) is 17.7 Å². The lowest BCUT2D eigenvalue weighted by Crippen LogP contribution is -2.30. The minimum absolute atomic E-state index is 0.231. The molecular formula is C29H22N2O3. The van der Waals surface area contributed by atoms with Crippen LogP contribution in [-0.2, 0) is 0 Å². The number of carbonyl (C=O) groups excluding carboxylic acids is 3. The number of nitrogens with zero attached hydrogens (tertiary/aromatic N) is 1. The van der Waals surface area contributed by atoms with E-state index >= 15 is 0 Å². The van der Waals surface area contributed by atoms with Crippen molar-refractivity contribution in [2.75, 3.05) is 4.90 Å². The van der Waals surface area contributed by atoms with Crippen molar-refractivity contribution >= 4 is 23.4 Å². The van der Waals surface area contributed by atoms with Gasteiger partial charge >= 0.3 is 0 Å². The second kappa shape index (κ2) is 8.79. The summed E-state index contributed by atoms with van der Waals surface area (Å²) in [4.78, 5) is 40.4. The van der Waals surface area contributed by atoms with E-state index in [1.165, 1.54) is 6.07 Å². The highest BCUT2D eigenvalue weighted by Crippen LogP contribution is 2.30. The Morgan fingerprint density at radius 2 is 1.26 bits per heavy atom. The van der Waals surface area contributed by atoms with Gasteiger partial charge in [0.15, 0.2) is 0 Å². The molecule has 4 aromatic carbocycles. The fourth-order valence-electron chi connectivity index (χ4n) is 4.17. The topological polar surface area (TPSA) is 66.5 Å². The van der Waals surface area contributed by atoms with E-state index in [9.17, 15) is 14.4 Å². The third kappa shape index (κ3) is 3.88. The molecule has 1 heterocycles. The molecule has 0 aliphatic carbocycles. The molecule has 0 aromatic heterocycles. The molecule has 0 fully saturated rings. The molecule has 4 aromatic rings. The van der Waals surface area contributed by atoms with Crippen molar-refractivity contribution in [2.24, 2.45) is 0 Å². The molecule has 0 bridgehead atoms. The van der Waals surface area contributed by atoms with Gasteiger partial charge in [0, 0.05) is 5.56 Å². The van der Waals surface area contributed by atoms with Crippen LogP contribution in [0.4, 0.5) is 5.69 Å². The van der Waals surface area contributed by atoms with Crippen LogP contribution in [0.2, 0.25) is 0 Å². The molecule has 5 rings (SSSR count). The van der Waals surface area contributed by atoms with Gasteiger partial charge in [-0.25, -0.2) is 4.90 Å². The van der Waals surface area contributed by atoms with Gasteiger partial charge in [-0.1, -0.05) is 78.4 Å². The summed E-state index contributed by atoms with van der Waals surface area (Å²) in [5.41, 5.74) is 4.28. The summed E-state index contributed by atoms with van der Waals surface area (Å²) in [7, 11) is 0. The summed E-state index contributed by atoms with van der Waals surface area (Å²) in [6.07, 6.45) is 0. The molecule has 1 N–H and O–H groups in total. The van der Waals surface area contributed by atoms with E-state index in [2.05, 4.69) is 5.32 Å². The van der Waals surface area contributed by atoms with Crippen molar-refractivity contribution in [3.63, 3.8) is 0 Å². The number of anilines is 1. The lowest BCUT2D eigenvalue weighted by atomic mass is 9.98. The SMILES string of the molecule is Cc1ccc(N2C(=O)c3ccc(C(=O)NC(c4ccccc4)c4ccccc4)cc3C2=O)cc1. The van der Waals surface area contributed by atoms with Gasteiger partial charge in [-0.15, -0.1) is 0 Å². The first-order valence-corrected chi connectivity index (χ1v) is 11.0. The van der Waals surface area contributed by atoms with Crippen LogP contribution in [0.5, 0.6) is 0 Å². The molecule has 1 aliphatic heterocycles. The van der Waals surface area contributed by atoms with Crippen LogP contribution in [0.1, 0.15) is 53.8 Å². The number of fused-ring (bicyclic) bond motifs is 1. The molecule has 5 nitrogen and oxygen atoms in total. The molecule has 0 saturated carbocycles. The lowest BCUT2D eigenvalue weighted by Gasteiger charge is -2.20. The van der Waals surface area contributed by atoms with Gasteiger partial charge in [0.1, 0.15) is 0 Å². The van der Waals surface area contributed by atoms with Crippen molar-refractivity contribution in [1.82, 2.24) is 5.32 Å². The first kappa shape index (κ1) is 21.3. The van der Waals surface area contributed by atoms with E-state index in [4.69, 9.17) is 0 Å². The summed E-state index contributed by atoms with van der Waals surface area (Å²) in [6.45, 7) is 1.94. The van der Waals surface area contributed by atoms with Gasteiger partial charge < -0.3 is 5.32 Å². The van der Waals surface area contributed by atoms with E-state index in [1.54, 1.807) is 24.3 Å². The minimum Gasteiger partial charge on any atom is -0.341 e. The Bertz CT molecular complexity index is 1340. The molecule has 0 radical (unpaired) electrons. The highest BCUT2D eigenvalue weighted by atomic mass is 16.2. The molecule has 166 valence electrons. The third-order valence-corrected chi connectivity index (χ3v) is 5.98. The molecule has 3 amide bonds. The summed E-state index contributed by atoms with van der Waals surface area (Å²) in [6, 6.07) is 30.9. The van der Waals surface area contributed by atoms with Crippen molar-refractivity contribution < 1.29 is 14.4 Å². The maximum atomic E-state index is 13.3. The van der Waals surface area contributed by atoms with E-state index in [0.717, 1.165) is 21.6 Å². The van der Waals surface area contributed by atoms with Gasteiger partial charge in [0.2, 0.25) is 0 Å². The van der Waals surface area contributed by atoms with Crippen LogP contribution in [0.15, 0.2) is 103 Å². The molecule has 0 atom stereocenters. The summed E-state index contributed by atoms with van der Waals surface area (Å²) in [5.74, 6) is -1.14. The van der Waals surface area contributed by atoms with Gasteiger partial charge in [-0.3, -0.25) is 14.4 Å². The smallest absolute Gasteiger partial charge is 0.266 e. The minimum atomic E-state index is -0.429. The van der Waals surface area contributed by atoms with Crippen molar-refractivity contribution in [3.8, 4) is 0 Å². The van der Waals surface area contributed by atoms with Crippen molar-refractivity contribution in [3.05, 3.63) is 137 Å². The first-order chi connectivity index (χ1) is 16.5. The normalized spacial score (nSPS) is 12.7. The predicted molar refractivity (Wildman–Crippen MR) is 131 cm³/mol. The largest absolute Gasteiger partial charge is 0.341 e. The summed E-state index contributed by atoms with van der Waals surface area (Å²) < 4.78 is 0. The van der Waals surface area contributed by atoms with Crippen molar-refractivity contribution in [2.45, 2.75) is 13.0 Å². The Kier molecular flexibility index (Phi) is 5.52. The zero-order chi connectivity index (χ0) is 23.7. The van der Waals surface area contributed by atoms with Crippen LogP contribution in [0, 0.1) is 6.92 Å². The zero-order valence-electron chi connectivity index (χ0n) is 18.6. The Labute approximate surface area is 197 Å². The fourth-order valence-corrected chi connectivity index (χ4v) is 4.17. The first-order valence-electron chi connectivity index (χ1n) is 11.0. The average Bonchev–Trinajstić information content (AvgIpc) is 3.13. The number of hydrogen-bond acceptors (Lipinski definition) is 3. The summed E-state index contributed by atoms with van der Waals surface area (Å²) in [5, 5.41) is 3.08. The van der Waals surface area contributed by atoms with E-state index in [0.29, 0.717) is 16.8 Å². The number of hydrogen-bond donors (Lipinski definition) is 1. The quantitative estimate of drug-likeness (QED) is 0.422. The second-order valence-corrected chi connectivity index (χ2v) is 8.27. The van der Waals surface area contributed by atoms with Crippen LogP contribution in [0.25, 0.3) is 0 Å². The number of carbonyl (C=O) groups is 3. The highest BCUT2D eigenvalue weighted by molar-refractivity contribution is 6.34. The van der Waals surface area contributed by atoms with Gasteiger partial charge in [-0.2, -0.15) is 0 Å². The van der Waals surface area contributed by atoms with Crippen LogP contribution < -0.4 is 10.2 Å². The predicted octanol–water partition coefficient (Wildman–Crippen LogP) is 5.32. The fraction of sp³-hybridized carbons (Fsp3) is 0.0690. The Morgan fingerprint density at radius 3 is 1.85 bits per heavy atom. The van der Waals surface area contributed by atoms with Crippen LogP contribution >= 0.6 is 0 Å². The zero-order valence-corrected chi connectivity index (χ0v) is 18.6. The number of rotatable bonds is 5. The molecule has 1 aliphatic rings. The summed E-state index contributed by atoms with van der Waals surface area (Å²) >= 11 is 0. The van der Waals surface area contributed by atoms with Gasteiger partial charge in [0.25, 0.3) is 17.7 Å². The number of amides is 3. The average molecular weight is 447 g/mol. The molecule has 0 spiro atoms. The molecule has 34 heavy (non-hydrogen) atoms. The van der Waals surface area contributed by atoms with Crippen LogP contribution in [0.3, 0.4) is 0 Å². The Hall–Kier alpha value is -4.51. The molecule has 0 saturated heterocycles. The van der Waals surface area contributed by atoms with Gasteiger partial charge in [-0.05, 0) is 48.4 Å². The Balaban J connectivity index is 1.45.